The molecular formula is C15H15N2OS+. The van der Waals surface area contributed by atoms with Gasteiger partial charge in [-0.2, -0.15) is 0 Å². The van der Waals surface area contributed by atoms with E-state index < -0.39 is 0 Å². The molecule has 0 fully saturated rings. The third-order valence-electron chi connectivity index (χ3n) is 3.34. The van der Waals surface area contributed by atoms with Crippen LogP contribution in [-0.2, 0) is 7.05 Å². The van der Waals surface area contributed by atoms with Gasteiger partial charge in [-0.05, 0) is 13.0 Å². The van der Waals surface area contributed by atoms with Gasteiger partial charge < -0.3 is 10.7 Å². The maximum absolute atomic E-state index is 11.0. The van der Waals surface area contributed by atoms with Crippen molar-refractivity contribution in [2.45, 2.75) is 6.92 Å². The molecule has 4 heteroatoms. The first kappa shape index (κ1) is 12.3. The van der Waals surface area contributed by atoms with Crippen LogP contribution in [0, 0.1) is 12.1 Å². The van der Waals surface area contributed by atoms with E-state index in [-0.39, 0.29) is 0 Å². The van der Waals surface area contributed by atoms with Gasteiger partial charge in [-0.1, -0.05) is 18.2 Å². The van der Waals surface area contributed by atoms with Crippen molar-refractivity contribution < 1.29 is 10.0 Å². The van der Waals surface area contributed by atoms with Crippen LogP contribution in [0.5, 0.6) is 0 Å². The van der Waals surface area contributed by atoms with E-state index in [0.29, 0.717) is 5.69 Å². The Morgan fingerprint density at radius 1 is 1.21 bits per heavy atom. The molecule has 3 aromatic rings. The number of aromatic nitrogens is 1. The van der Waals surface area contributed by atoms with Crippen LogP contribution in [-0.4, -0.2) is 0 Å². The molecule has 0 amide bonds. The Balaban J connectivity index is 2.32. The molecule has 19 heavy (non-hydrogen) atoms. The second kappa shape index (κ2) is 4.74. The smallest absolute Gasteiger partial charge is 0.220 e. The predicted molar refractivity (Wildman–Crippen MR) is 78.1 cm³/mol. The van der Waals surface area contributed by atoms with Crippen molar-refractivity contribution in [3.63, 3.8) is 0 Å². The predicted octanol–water partition coefficient (Wildman–Crippen LogP) is 2.39. The topological polar surface area (TPSA) is 43.6 Å². The number of quaternary nitrogens is 1. The van der Waals surface area contributed by atoms with Crippen LogP contribution in [0.2, 0.25) is 0 Å². The fraction of sp³-hybridized carbons (Fsp3) is 0.133. The lowest BCUT2D eigenvalue weighted by molar-refractivity contribution is -0.661. The average molecular weight is 271 g/mol. The maximum atomic E-state index is 11.0. The summed E-state index contributed by atoms with van der Waals surface area (Å²) in [5.74, 6) is 0. The van der Waals surface area contributed by atoms with Gasteiger partial charge in [-0.15, -0.1) is 11.3 Å². The molecule has 3 nitrogen and oxygen atoms in total. The molecule has 0 aliphatic rings. The van der Waals surface area contributed by atoms with Gasteiger partial charge in [0.2, 0.25) is 5.69 Å². The van der Waals surface area contributed by atoms with E-state index in [1.165, 1.54) is 20.5 Å². The fourth-order valence-electron chi connectivity index (χ4n) is 2.39. The second-order valence-corrected chi connectivity index (χ2v) is 5.86. The van der Waals surface area contributed by atoms with Crippen LogP contribution in [0.4, 0.5) is 5.69 Å². The van der Waals surface area contributed by atoms with Crippen LogP contribution in [0.3, 0.4) is 0 Å². The van der Waals surface area contributed by atoms with Crippen molar-refractivity contribution in [1.29, 1.82) is 0 Å². The molecule has 3 rings (SSSR count). The zero-order chi connectivity index (χ0) is 13.4. The number of hydrogen-bond acceptors (Lipinski definition) is 2. The summed E-state index contributed by atoms with van der Waals surface area (Å²) in [6, 6.07) is 12.2. The molecule has 2 heterocycles. The van der Waals surface area contributed by atoms with Gasteiger partial charge in [-0.25, -0.2) is 4.57 Å². The van der Waals surface area contributed by atoms with Crippen molar-refractivity contribution >= 4 is 27.1 Å². The summed E-state index contributed by atoms with van der Waals surface area (Å²) in [5, 5.41) is 12.2. The molecule has 0 saturated heterocycles. The Morgan fingerprint density at radius 2 is 2.00 bits per heavy atom. The van der Waals surface area contributed by atoms with E-state index in [0.717, 1.165) is 11.2 Å². The standard InChI is InChI=1S/C15H15N2OS/c1-10-15(12-5-3-4-6-14(12)19-10)13-9-11(16-18)7-8-17(13)2/h3-9H,16H2,1-2H3/q+1. The number of hydrogen-bond donors (Lipinski definition) is 1. The molecule has 2 N–H and O–H groups in total. The van der Waals surface area contributed by atoms with Crippen molar-refractivity contribution in [3.8, 4) is 11.3 Å². The van der Waals surface area contributed by atoms with Crippen LogP contribution in [0.25, 0.3) is 21.3 Å². The highest BCUT2D eigenvalue weighted by atomic mass is 32.1. The van der Waals surface area contributed by atoms with Gasteiger partial charge in [-0.3, -0.25) is 0 Å². The molecule has 0 spiro atoms. The van der Waals surface area contributed by atoms with Crippen LogP contribution in [0.1, 0.15) is 4.88 Å². The summed E-state index contributed by atoms with van der Waals surface area (Å²) in [6.45, 7) is 2.13. The van der Waals surface area contributed by atoms with E-state index >= 15 is 0 Å². The molecular weight excluding hydrogens is 256 g/mol. The lowest BCUT2D eigenvalue weighted by Crippen LogP contribution is -2.70. The average Bonchev–Trinajstić information content (AvgIpc) is 2.75. The minimum absolute atomic E-state index is 0.711. The van der Waals surface area contributed by atoms with E-state index in [1.54, 1.807) is 11.3 Å². The largest absolute Gasteiger partial charge is 0.630 e. The number of nitrogens with two attached hydrogens (primary N) is 1. The summed E-state index contributed by atoms with van der Waals surface area (Å²) in [4.78, 5) is 1.28. The first-order valence-corrected chi connectivity index (χ1v) is 6.95. The molecule has 0 aliphatic carbocycles. The zero-order valence-electron chi connectivity index (χ0n) is 10.9. The quantitative estimate of drug-likeness (QED) is 0.564. The highest BCUT2D eigenvalue weighted by molar-refractivity contribution is 7.19. The third-order valence-corrected chi connectivity index (χ3v) is 4.42. The minimum atomic E-state index is 0.711. The van der Waals surface area contributed by atoms with Crippen molar-refractivity contribution in [2.75, 3.05) is 0 Å². The molecule has 0 bridgehead atoms. The lowest BCUT2D eigenvalue weighted by Gasteiger charge is -2.04. The summed E-state index contributed by atoms with van der Waals surface area (Å²) < 4.78 is 3.35. The lowest BCUT2D eigenvalue weighted by atomic mass is 10.1. The SMILES string of the molecule is Cc1sc2ccccc2c1-c1cc([NH2+][O-])cc[n+]1C. The highest BCUT2D eigenvalue weighted by Crippen LogP contribution is 2.36. The number of aryl methyl sites for hydroxylation is 2. The number of nitrogens with zero attached hydrogens (tertiary/aromatic N) is 1. The Labute approximate surface area is 115 Å². The molecule has 0 atom stereocenters. The Morgan fingerprint density at radius 3 is 2.79 bits per heavy atom. The van der Waals surface area contributed by atoms with Gasteiger partial charge in [0, 0.05) is 15.0 Å². The molecule has 0 radical (unpaired) electrons. The fourth-order valence-corrected chi connectivity index (χ4v) is 3.47. The normalized spacial score (nSPS) is 11.1. The van der Waals surface area contributed by atoms with Crippen molar-refractivity contribution in [2.24, 2.45) is 7.05 Å². The molecule has 2 aromatic heterocycles. The number of rotatable bonds is 2. The van der Waals surface area contributed by atoms with Gasteiger partial charge >= 0.3 is 0 Å². The number of benzene rings is 1. The summed E-state index contributed by atoms with van der Waals surface area (Å²) in [5.41, 5.74) is 3.92. The molecule has 0 unspecified atom stereocenters. The van der Waals surface area contributed by atoms with Gasteiger partial charge in [0.25, 0.3) is 0 Å². The molecule has 0 aliphatic heterocycles. The summed E-state index contributed by atoms with van der Waals surface area (Å²) in [6.07, 6.45) is 1.94. The van der Waals surface area contributed by atoms with Gasteiger partial charge in [0.1, 0.15) is 12.7 Å². The van der Waals surface area contributed by atoms with Crippen LogP contribution < -0.4 is 10.0 Å². The monoisotopic (exact) mass is 271 g/mol. The summed E-state index contributed by atoms with van der Waals surface area (Å²) >= 11 is 1.79. The Kier molecular flexibility index (Phi) is 3.06. The van der Waals surface area contributed by atoms with E-state index in [9.17, 15) is 5.21 Å². The van der Waals surface area contributed by atoms with E-state index in [2.05, 4.69) is 35.8 Å². The molecule has 1 aromatic carbocycles. The first-order valence-electron chi connectivity index (χ1n) is 6.14. The van der Waals surface area contributed by atoms with Gasteiger partial charge in [0.15, 0.2) is 6.20 Å². The minimum Gasteiger partial charge on any atom is -0.630 e. The molecule has 96 valence electrons. The maximum Gasteiger partial charge on any atom is 0.220 e. The summed E-state index contributed by atoms with van der Waals surface area (Å²) in [7, 11) is 2.01. The van der Waals surface area contributed by atoms with Crippen LogP contribution in [0.15, 0.2) is 42.6 Å². The number of fused-ring (bicyclic) bond motifs is 1. The van der Waals surface area contributed by atoms with E-state index in [1.807, 2.05) is 25.4 Å². The zero-order valence-corrected chi connectivity index (χ0v) is 11.7. The van der Waals surface area contributed by atoms with Gasteiger partial charge in [0.05, 0.1) is 17.7 Å². The molecule has 0 saturated carbocycles. The van der Waals surface area contributed by atoms with Crippen molar-refractivity contribution in [1.82, 2.24) is 0 Å². The Hall–Kier alpha value is -1.75. The Bertz CT molecular complexity index is 749. The second-order valence-electron chi connectivity index (χ2n) is 4.60. The number of thiophene rings is 1. The van der Waals surface area contributed by atoms with Crippen LogP contribution >= 0.6 is 11.3 Å². The van der Waals surface area contributed by atoms with Crippen molar-refractivity contribution in [3.05, 3.63) is 52.7 Å². The van der Waals surface area contributed by atoms with E-state index in [4.69, 9.17) is 0 Å². The number of pyridine rings is 1. The first-order chi connectivity index (χ1) is 9.20. The third kappa shape index (κ3) is 2.04. The highest BCUT2D eigenvalue weighted by Gasteiger charge is 2.19.